The Hall–Kier alpha value is -0.610. The van der Waals surface area contributed by atoms with Crippen LogP contribution in [0.5, 0.6) is 0 Å². The van der Waals surface area contributed by atoms with Gasteiger partial charge in [-0.1, -0.05) is 13.8 Å². The second-order valence-corrected chi connectivity index (χ2v) is 6.52. The maximum Gasteiger partial charge on any atom is 0.236 e. The van der Waals surface area contributed by atoms with E-state index in [0.29, 0.717) is 12.5 Å². The van der Waals surface area contributed by atoms with Crippen LogP contribution in [0.15, 0.2) is 0 Å². The molecule has 0 aliphatic rings. The fourth-order valence-corrected chi connectivity index (χ4v) is 1.42. The summed E-state index contributed by atoms with van der Waals surface area (Å²) in [5.41, 5.74) is -1.42. The van der Waals surface area contributed by atoms with Gasteiger partial charge in [-0.05, 0) is 47.0 Å². The Morgan fingerprint density at radius 2 is 1.67 bits per heavy atom. The van der Waals surface area contributed by atoms with E-state index in [0.717, 1.165) is 6.42 Å². The van der Waals surface area contributed by atoms with Crippen LogP contribution in [0.1, 0.15) is 54.9 Å². The number of aliphatic hydroxyl groups is 1. The molecule has 0 fully saturated rings. The van der Waals surface area contributed by atoms with Gasteiger partial charge in [0.15, 0.2) is 0 Å². The molecule has 0 aromatic carbocycles. The third kappa shape index (κ3) is 5.83. The highest BCUT2D eigenvalue weighted by Gasteiger charge is 2.36. The van der Waals surface area contributed by atoms with Crippen molar-refractivity contribution in [2.75, 3.05) is 6.54 Å². The molecule has 0 radical (unpaired) electrons. The van der Waals surface area contributed by atoms with Crippen LogP contribution in [0, 0.1) is 5.92 Å². The number of rotatable bonds is 7. The van der Waals surface area contributed by atoms with E-state index in [-0.39, 0.29) is 11.9 Å². The van der Waals surface area contributed by atoms with E-state index >= 15 is 0 Å². The van der Waals surface area contributed by atoms with E-state index in [1.165, 1.54) is 0 Å². The van der Waals surface area contributed by atoms with Gasteiger partial charge >= 0.3 is 0 Å². The van der Waals surface area contributed by atoms with Gasteiger partial charge in [-0.2, -0.15) is 0 Å². The molecule has 108 valence electrons. The fraction of sp³-hybridized carbons (Fsp3) is 0.929. The van der Waals surface area contributed by atoms with Crippen LogP contribution < -0.4 is 10.6 Å². The second-order valence-electron chi connectivity index (χ2n) is 6.52. The summed E-state index contributed by atoms with van der Waals surface area (Å²) in [6.07, 6.45) is 0.980. The first-order chi connectivity index (χ1) is 7.97. The lowest BCUT2D eigenvalue weighted by atomic mass is 9.85. The molecule has 0 rings (SSSR count). The summed E-state index contributed by atoms with van der Waals surface area (Å²) in [6, 6.07) is -0.321. The van der Waals surface area contributed by atoms with E-state index in [1.807, 2.05) is 20.8 Å². The number of nitrogens with one attached hydrogen (secondary N) is 2. The summed E-state index contributed by atoms with van der Waals surface area (Å²) in [5.74, 6) is 0.564. The van der Waals surface area contributed by atoms with Crippen LogP contribution in [0.4, 0.5) is 0 Å². The maximum atomic E-state index is 11.9. The van der Waals surface area contributed by atoms with Crippen LogP contribution in [0.3, 0.4) is 0 Å². The molecule has 0 spiro atoms. The van der Waals surface area contributed by atoms with E-state index in [9.17, 15) is 9.90 Å². The van der Waals surface area contributed by atoms with Crippen LogP contribution in [0.2, 0.25) is 0 Å². The molecule has 1 amide bonds. The molecule has 1 atom stereocenters. The number of amides is 1. The minimum Gasteiger partial charge on any atom is -0.389 e. The molecular weight excluding hydrogens is 228 g/mol. The normalized spacial score (nSPS) is 14.7. The van der Waals surface area contributed by atoms with Crippen LogP contribution in [-0.4, -0.2) is 34.7 Å². The third-order valence-electron chi connectivity index (χ3n) is 3.52. The Bertz CT molecular complexity index is 267. The van der Waals surface area contributed by atoms with Crippen molar-refractivity contribution in [3.05, 3.63) is 0 Å². The zero-order chi connectivity index (χ0) is 14.6. The molecule has 1 unspecified atom stereocenters. The molecule has 3 N–H and O–H groups in total. The molecule has 4 heteroatoms. The molecule has 0 heterocycles. The van der Waals surface area contributed by atoms with Gasteiger partial charge in [-0.3, -0.25) is 10.1 Å². The summed E-state index contributed by atoms with van der Waals surface area (Å²) in [6.45, 7) is 14.0. The van der Waals surface area contributed by atoms with E-state index in [4.69, 9.17) is 0 Å². The molecule has 0 bridgehead atoms. The number of carbonyl (C=O) groups is 1. The number of hydrogen-bond donors (Lipinski definition) is 3. The maximum absolute atomic E-state index is 11.9. The monoisotopic (exact) mass is 258 g/mol. The highest BCUT2D eigenvalue weighted by Crippen LogP contribution is 2.21. The van der Waals surface area contributed by atoms with Crippen LogP contribution in [0.25, 0.3) is 0 Å². The SMILES string of the molecule is CC(C)CCNC(=O)C(C)NC(C)(C)C(C)(C)O. The first-order valence-corrected chi connectivity index (χ1v) is 6.75. The molecule has 0 aromatic heterocycles. The zero-order valence-corrected chi connectivity index (χ0v) is 12.9. The Morgan fingerprint density at radius 3 is 2.06 bits per heavy atom. The Balaban J connectivity index is 4.24. The highest BCUT2D eigenvalue weighted by atomic mass is 16.3. The largest absolute Gasteiger partial charge is 0.389 e. The van der Waals surface area contributed by atoms with Gasteiger partial charge in [-0.15, -0.1) is 0 Å². The van der Waals surface area contributed by atoms with Crippen LogP contribution in [-0.2, 0) is 4.79 Å². The predicted molar refractivity (Wildman–Crippen MR) is 75.4 cm³/mol. The summed E-state index contributed by atoms with van der Waals surface area (Å²) in [7, 11) is 0. The molecule has 18 heavy (non-hydrogen) atoms. The van der Waals surface area contributed by atoms with Crippen molar-refractivity contribution in [2.45, 2.75) is 72.1 Å². The van der Waals surface area contributed by atoms with Gasteiger partial charge in [0.1, 0.15) is 0 Å². The molecule has 0 aliphatic heterocycles. The van der Waals surface area contributed by atoms with Gasteiger partial charge in [0.2, 0.25) is 5.91 Å². The number of hydrogen-bond acceptors (Lipinski definition) is 3. The van der Waals surface area contributed by atoms with Crippen molar-refractivity contribution in [3.8, 4) is 0 Å². The summed E-state index contributed by atoms with van der Waals surface area (Å²) >= 11 is 0. The average Bonchev–Trinajstić information content (AvgIpc) is 2.14. The second kappa shape index (κ2) is 6.53. The molecule has 0 aliphatic carbocycles. The van der Waals surface area contributed by atoms with Crippen molar-refractivity contribution in [1.82, 2.24) is 10.6 Å². The van der Waals surface area contributed by atoms with Crippen molar-refractivity contribution in [1.29, 1.82) is 0 Å². The van der Waals surface area contributed by atoms with Crippen molar-refractivity contribution in [3.63, 3.8) is 0 Å². The Labute approximate surface area is 112 Å². The Morgan fingerprint density at radius 1 is 1.17 bits per heavy atom. The summed E-state index contributed by atoms with van der Waals surface area (Å²) < 4.78 is 0. The van der Waals surface area contributed by atoms with Crippen molar-refractivity contribution < 1.29 is 9.90 Å². The molecule has 0 aromatic rings. The van der Waals surface area contributed by atoms with E-state index in [1.54, 1.807) is 13.8 Å². The van der Waals surface area contributed by atoms with Gasteiger partial charge in [-0.25, -0.2) is 0 Å². The highest BCUT2D eigenvalue weighted by molar-refractivity contribution is 5.81. The first kappa shape index (κ1) is 17.4. The van der Waals surface area contributed by atoms with E-state index in [2.05, 4.69) is 24.5 Å². The smallest absolute Gasteiger partial charge is 0.236 e. The van der Waals surface area contributed by atoms with Crippen LogP contribution >= 0.6 is 0 Å². The average molecular weight is 258 g/mol. The third-order valence-corrected chi connectivity index (χ3v) is 3.52. The van der Waals surface area contributed by atoms with Gasteiger partial charge in [0.25, 0.3) is 0 Å². The molecule has 4 nitrogen and oxygen atoms in total. The molecular formula is C14H30N2O2. The lowest BCUT2D eigenvalue weighted by Crippen LogP contribution is -2.61. The van der Waals surface area contributed by atoms with Gasteiger partial charge < -0.3 is 10.4 Å². The zero-order valence-electron chi connectivity index (χ0n) is 12.9. The summed E-state index contributed by atoms with van der Waals surface area (Å²) in [4.78, 5) is 11.9. The molecule has 0 saturated heterocycles. The Kier molecular flexibility index (Phi) is 6.30. The van der Waals surface area contributed by atoms with Gasteiger partial charge in [0.05, 0.1) is 11.6 Å². The minimum absolute atomic E-state index is 0.0204. The fourth-order valence-electron chi connectivity index (χ4n) is 1.42. The van der Waals surface area contributed by atoms with E-state index < -0.39 is 11.1 Å². The lowest BCUT2D eigenvalue weighted by Gasteiger charge is -2.40. The minimum atomic E-state index is -0.889. The number of carbonyl (C=O) groups excluding carboxylic acids is 1. The first-order valence-electron chi connectivity index (χ1n) is 6.75. The standard InChI is InChI=1S/C14H30N2O2/c1-10(2)8-9-15-12(17)11(3)16-13(4,5)14(6,7)18/h10-11,16,18H,8-9H2,1-7H3,(H,15,17). The topological polar surface area (TPSA) is 61.4 Å². The quantitative estimate of drug-likeness (QED) is 0.651. The predicted octanol–water partition coefficient (Wildman–Crippen LogP) is 1.68. The van der Waals surface area contributed by atoms with Gasteiger partial charge in [0, 0.05) is 12.1 Å². The lowest BCUT2D eigenvalue weighted by molar-refractivity contribution is -0.124. The van der Waals surface area contributed by atoms with Crippen molar-refractivity contribution >= 4 is 5.91 Å². The van der Waals surface area contributed by atoms with Crippen molar-refractivity contribution in [2.24, 2.45) is 5.92 Å². The molecule has 0 saturated carbocycles. The summed E-state index contributed by atoms with van der Waals surface area (Å²) in [5, 5.41) is 16.1.